The summed E-state index contributed by atoms with van der Waals surface area (Å²) in [6, 6.07) is 1.62. The highest BCUT2D eigenvalue weighted by molar-refractivity contribution is 5.89. The Balaban J connectivity index is 1.98. The molecule has 5 nitrogen and oxygen atoms in total. The minimum absolute atomic E-state index is 0.0402. The van der Waals surface area contributed by atoms with Gasteiger partial charge in [0, 0.05) is 30.9 Å². The first-order chi connectivity index (χ1) is 10.4. The molecule has 0 spiro atoms. The average Bonchev–Trinajstić information content (AvgIpc) is 2.47. The molecular formula is C15H20F2N2O3. The lowest BCUT2D eigenvalue weighted by atomic mass is 9.92. The van der Waals surface area contributed by atoms with Gasteiger partial charge in [0.1, 0.15) is 0 Å². The summed E-state index contributed by atoms with van der Waals surface area (Å²) in [4.78, 5) is 13.7. The minimum atomic E-state index is -0.870. The van der Waals surface area contributed by atoms with Crippen molar-refractivity contribution >= 4 is 11.7 Å². The van der Waals surface area contributed by atoms with E-state index in [4.69, 9.17) is 0 Å². The Kier molecular flexibility index (Phi) is 5.18. The first-order valence-corrected chi connectivity index (χ1v) is 7.19. The topological polar surface area (TPSA) is 61.8 Å². The molecule has 1 unspecified atom stereocenters. The predicted octanol–water partition coefficient (Wildman–Crippen LogP) is 2.60. The van der Waals surface area contributed by atoms with E-state index in [9.17, 15) is 18.7 Å². The van der Waals surface area contributed by atoms with Gasteiger partial charge in [-0.3, -0.25) is 0 Å². The number of amides is 2. The van der Waals surface area contributed by atoms with Crippen LogP contribution in [0.2, 0.25) is 0 Å². The second kappa shape index (κ2) is 6.91. The third-order valence-corrected chi connectivity index (χ3v) is 3.96. The van der Waals surface area contributed by atoms with Crippen molar-refractivity contribution in [2.24, 2.45) is 5.92 Å². The Labute approximate surface area is 127 Å². The number of carbonyl (C=O) groups excluding carboxylic acids is 1. The van der Waals surface area contributed by atoms with Crippen LogP contribution in [-0.2, 0) is 0 Å². The summed E-state index contributed by atoms with van der Waals surface area (Å²) in [7, 11) is 1.17. The van der Waals surface area contributed by atoms with Crippen LogP contribution in [0, 0.1) is 17.6 Å². The molecule has 1 aliphatic rings. The maximum Gasteiger partial charge on any atom is 0.321 e. The summed E-state index contributed by atoms with van der Waals surface area (Å²) in [6.45, 7) is 2.74. The van der Waals surface area contributed by atoms with Crippen LogP contribution in [0.4, 0.5) is 19.3 Å². The van der Waals surface area contributed by atoms with Gasteiger partial charge in [0.25, 0.3) is 0 Å². The van der Waals surface area contributed by atoms with Crippen LogP contribution in [0.3, 0.4) is 0 Å². The number of benzene rings is 1. The van der Waals surface area contributed by atoms with Crippen molar-refractivity contribution in [2.45, 2.75) is 25.9 Å². The number of ether oxygens (including phenoxy) is 1. The van der Waals surface area contributed by atoms with E-state index in [0.717, 1.165) is 12.1 Å². The fourth-order valence-electron chi connectivity index (χ4n) is 2.61. The largest absolute Gasteiger partial charge is 0.491 e. The highest BCUT2D eigenvalue weighted by atomic mass is 19.1. The third-order valence-electron chi connectivity index (χ3n) is 3.96. The Bertz CT molecular complexity index is 521. The number of hydrogen-bond donors (Lipinski definition) is 2. The molecule has 7 heteroatoms. The zero-order valence-electron chi connectivity index (χ0n) is 12.6. The molecule has 0 radical (unpaired) electrons. The van der Waals surface area contributed by atoms with Crippen molar-refractivity contribution in [3.63, 3.8) is 0 Å². The first-order valence-electron chi connectivity index (χ1n) is 7.19. The van der Waals surface area contributed by atoms with Crippen molar-refractivity contribution in [1.82, 2.24) is 4.90 Å². The van der Waals surface area contributed by atoms with E-state index >= 15 is 0 Å². The number of methoxy groups -OCH3 is 1. The van der Waals surface area contributed by atoms with Crippen LogP contribution in [-0.4, -0.2) is 42.3 Å². The van der Waals surface area contributed by atoms with Crippen molar-refractivity contribution in [3.05, 3.63) is 23.8 Å². The zero-order chi connectivity index (χ0) is 16.3. The number of likely N-dealkylation sites (tertiary alicyclic amines) is 1. The summed E-state index contributed by atoms with van der Waals surface area (Å²) in [6.07, 6.45) is 1.02. The number of anilines is 1. The molecule has 1 aromatic rings. The summed E-state index contributed by atoms with van der Waals surface area (Å²) in [5, 5.41) is 12.0. The summed E-state index contributed by atoms with van der Waals surface area (Å²) < 4.78 is 31.8. The number of urea groups is 1. The van der Waals surface area contributed by atoms with Crippen molar-refractivity contribution in [1.29, 1.82) is 0 Å². The van der Waals surface area contributed by atoms with E-state index in [1.54, 1.807) is 11.8 Å². The number of halogens is 2. The van der Waals surface area contributed by atoms with Crippen LogP contribution >= 0.6 is 0 Å². The average molecular weight is 314 g/mol. The Morgan fingerprint density at radius 1 is 1.36 bits per heavy atom. The summed E-state index contributed by atoms with van der Waals surface area (Å²) >= 11 is 0. The molecule has 1 heterocycles. The molecule has 0 aromatic heterocycles. The van der Waals surface area contributed by atoms with Gasteiger partial charge in [-0.05, 0) is 25.7 Å². The van der Waals surface area contributed by atoms with Crippen molar-refractivity contribution < 1.29 is 23.4 Å². The van der Waals surface area contributed by atoms with Crippen LogP contribution in [0.15, 0.2) is 12.1 Å². The molecule has 1 saturated heterocycles. The van der Waals surface area contributed by atoms with E-state index < -0.39 is 29.5 Å². The van der Waals surface area contributed by atoms with E-state index in [1.807, 2.05) is 0 Å². The second-order valence-electron chi connectivity index (χ2n) is 5.47. The fraction of sp³-hybridized carbons (Fsp3) is 0.533. The molecular weight excluding hydrogens is 294 g/mol. The molecule has 122 valence electrons. The maximum absolute atomic E-state index is 13.6. The summed E-state index contributed by atoms with van der Waals surface area (Å²) in [5.41, 5.74) is 0.0402. The highest BCUT2D eigenvalue weighted by Gasteiger charge is 2.25. The lowest BCUT2D eigenvalue weighted by Gasteiger charge is -2.33. The SMILES string of the molecule is COc1c(F)cc(NC(=O)N2CCC(C(C)O)CC2)cc1F. The normalized spacial score (nSPS) is 17.2. The number of aliphatic hydroxyl groups is 1. The smallest absolute Gasteiger partial charge is 0.321 e. The van der Waals surface area contributed by atoms with E-state index in [1.165, 1.54) is 7.11 Å². The van der Waals surface area contributed by atoms with Crippen molar-refractivity contribution in [3.8, 4) is 5.75 Å². The highest BCUT2D eigenvalue weighted by Crippen LogP contribution is 2.26. The van der Waals surface area contributed by atoms with Gasteiger partial charge in [0.15, 0.2) is 17.4 Å². The van der Waals surface area contributed by atoms with Gasteiger partial charge in [0.2, 0.25) is 0 Å². The van der Waals surface area contributed by atoms with Crippen LogP contribution in [0.25, 0.3) is 0 Å². The van der Waals surface area contributed by atoms with Gasteiger partial charge in [-0.2, -0.15) is 0 Å². The lowest BCUT2D eigenvalue weighted by molar-refractivity contribution is 0.0820. The molecule has 2 amide bonds. The number of carbonyl (C=O) groups is 1. The monoisotopic (exact) mass is 314 g/mol. The molecule has 2 rings (SSSR count). The van der Waals surface area contributed by atoms with Gasteiger partial charge in [-0.25, -0.2) is 13.6 Å². The Morgan fingerprint density at radius 3 is 2.36 bits per heavy atom. The molecule has 1 aliphatic heterocycles. The lowest BCUT2D eigenvalue weighted by Crippen LogP contribution is -2.42. The van der Waals surface area contributed by atoms with E-state index in [-0.39, 0.29) is 11.6 Å². The van der Waals surface area contributed by atoms with Gasteiger partial charge in [0.05, 0.1) is 13.2 Å². The molecule has 1 atom stereocenters. The van der Waals surface area contributed by atoms with Gasteiger partial charge in [-0.15, -0.1) is 0 Å². The minimum Gasteiger partial charge on any atom is -0.491 e. The fourth-order valence-corrected chi connectivity index (χ4v) is 2.61. The molecule has 22 heavy (non-hydrogen) atoms. The van der Waals surface area contributed by atoms with Crippen LogP contribution in [0.5, 0.6) is 5.75 Å². The Hall–Kier alpha value is -1.89. The summed E-state index contributed by atoms with van der Waals surface area (Å²) in [5.74, 6) is -2.04. The van der Waals surface area contributed by atoms with Gasteiger partial charge in [-0.1, -0.05) is 0 Å². The quantitative estimate of drug-likeness (QED) is 0.901. The number of nitrogens with one attached hydrogen (secondary N) is 1. The maximum atomic E-state index is 13.6. The molecule has 0 saturated carbocycles. The number of piperidine rings is 1. The molecule has 1 fully saturated rings. The molecule has 1 aromatic carbocycles. The van der Waals surface area contributed by atoms with Crippen molar-refractivity contribution in [2.75, 3.05) is 25.5 Å². The molecule has 0 aliphatic carbocycles. The number of nitrogens with zero attached hydrogens (tertiary/aromatic N) is 1. The zero-order valence-corrected chi connectivity index (χ0v) is 12.6. The molecule has 2 N–H and O–H groups in total. The van der Waals surface area contributed by atoms with E-state index in [2.05, 4.69) is 10.1 Å². The van der Waals surface area contributed by atoms with E-state index in [0.29, 0.717) is 25.9 Å². The van der Waals surface area contributed by atoms with Gasteiger partial charge >= 0.3 is 6.03 Å². The third kappa shape index (κ3) is 3.65. The predicted molar refractivity (Wildman–Crippen MR) is 77.9 cm³/mol. The first kappa shape index (κ1) is 16.5. The van der Waals surface area contributed by atoms with Crippen LogP contribution in [0.1, 0.15) is 19.8 Å². The molecule has 0 bridgehead atoms. The second-order valence-corrected chi connectivity index (χ2v) is 5.47. The number of rotatable bonds is 3. The van der Waals surface area contributed by atoms with Crippen LogP contribution < -0.4 is 10.1 Å². The number of hydrogen-bond acceptors (Lipinski definition) is 3. The van der Waals surface area contributed by atoms with Gasteiger partial charge < -0.3 is 20.1 Å². The standard InChI is InChI=1S/C15H20F2N2O3/c1-9(20)10-3-5-19(6-4-10)15(21)18-11-7-12(16)14(22-2)13(17)8-11/h7-10,20H,3-6H2,1-2H3,(H,18,21). The number of aliphatic hydroxyl groups excluding tert-OH is 1. The Morgan fingerprint density at radius 2 is 1.91 bits per heavy atom.